The highest BCUT2D eigenvalue weighted by atomic mass is 16.7. The van der Waals surface area contributed by atoms with Gasteiger partial charge < -0.3 is 55.9 Å². The third-order valence-electron chi connectivity index (χ3n) is 4.43. The van der Waals surface area contributed by atoms with Crippen LogP contribution in [0.25, 0.3) is 0 Å². The molecule has 26 heavy (non-hydrogen) atoms. The standard InChI is InChI=1S/C14H26N2O10/c1-4(18)16-7-9(20)12(6(3-17)24-13(7)23)26-14-11(22)10(21)8(19)5(2-15)25-14/h5-14,17,19-23H,2-3,15H2,1H3,(H,16,18)/t5?,6?,7?,8-,9+,10-,11?,12+,13+,14-/m0/s1. The molecule has 2 aliphatic heterocycles. The Morgan fingerprint density at radius 2 is 1.69 bits per heavy atom. The molecular weight excluding hydrogens is 356 g/mol. The van der Waals surface area contributed by atoms with Gasteiger partial charge in [-0.05, 0) is 0 Å². The number of hydrogen-bond donors (Lipinski definition) is 8. The van der Waals surface area contributed by atoms with Gasteiger partial charge in [0.2, 0.25) is 5.91 Å². The molecule has 2 fully saturated rings. The minimum atomic E-state index is -1.68. The van der Waals surface area contributed by atoms with Crippen molar-refractivity contribution in [2.24, 2.45) is 5.73 Å². The second kappa shape index (κ2) is 8.84. The van der Waals surface area contributed by atoms with Crippen LogP contribution in [0.3, 0.4) is 0 Å². The molecule has 0 aromatic rings. The van der Waals surface area contributed by atoms with Crippen LogP contribution in [-0.4, -0.2) is 111 Å². The Balaban J connectivity index is 2.16. The first-order valence-electron chi connectivity index (χ1n) is 8.16. The van der Waals surface area contributed by atoms with Gasteiger partial charge in [0.05, 0.1) is 6.61 Å². The van der Waals surface area contributed by atoms with E-state index in [1.807, 2.05) is 0 Å². The van der Waals surface area contributed by atoms with Crippen LogP contribution in [0.4, 0.5) is 0 Å². The Morgan fingerprint density at radius 1 is 1.04 bits per heavy atom. The van der Waals surface area contributed by atoms with Crippen molar-refractivity contribution in [3.05, 3.63) is 0 Å². The predicted octanol–water partition coefficient (Wildman–Crippen LogP) is -5.29. The zero-order valence-electron chi connectivity index (χ0n) is 14.1. The number of ether oxygens (including phenoxy) is 3. The van der Waals surface area contributed by atoms with Crippen LogP contribution < -0.4 is 11.1 Å². The fourth-order valence-electron chi connectivity index (χ4n) is 3.02. The van der Waals surface area contributed by atoms with Crippen molar-refractivity contribution in [3.63, 3.8) is 0 Å². The molecular formula is C14H26N2O10. The number of carbonyl (C=O) groups excluding carboxylic acids is 1. The maximum atomic E-state index is 11.2. The van der Waals surface area contributed by atoms with E-state index in [0.29, 0.717) is 0 Å². The van der Waals surface area contributed by atoms with E-state index in [1.165, 1.54) is 6.92 Å². The number of hydrogen-bond acceptors (Lipinski definition) is 11. The van der Waals surface area contributed by atoms with Crippen LogP contribution >= 0.6 is 0 Å². The Bertz CT molecular complexity index is 481. The summed E-state index contributed by atoms with van der Waals surface area (Å²) >= 11 is 0. The van der Waals surface area contributed by atoms with Crippen molar-refractivity contribution < 1.29 is 49.6 Å². The second-order valence-corrected chi connectivity index (χ2v) is 6.32. The number of rotatable bonds is 5. The average Bonchev–Trinajstić information content (AvgIpc) is 2.60. The summed E-state index contributed by atoms with van der Waals surface area (Å²) in [6, 6.07) is -1.26. The lowest BCUT2D eigenvalue weighted by Crippen LogP contribution is -2.67. The van der Waals surface area contributed by atoms with E-state index >= 15 is 0 Å². The summed E-state index contributed by atoms with van der Waals surface area (Å²) in [5.41, 5.74) is 5.44. The molecule has 2 aliphatic rings. The molecule has 10 atom stereocenters. The number of aliphatic hydroxyl groups excluding tert-OH is 6. The number of aliphatic hydroxyl groups is 6. The van der Waals surface area contributed by atoms with Gasteiger partial charge in [0.15, 0.2) is 12.6 Å². The van der Waals surface area contributed by atoms with E-state index in [4.69, 9.17) is 19.9 Å². The molecule has 0 aromatic carbocycles. The summed E-state index contributed by atoms with van der Waals surface area (Å²) in [5, 5.41) is 61.8. The van der Waals surface area contributed by atoms with Gasteiger partial charge in [0, 0.05) is 13.5 Å². The molecule has 12 heteroatoms. The summed E-state index contributed by atoms with van der Waals surface area (Å²) in [5.74, 6) is -0.548. The largest absolute Gasteiger partial charge is 0.394 e. The molecule has 0 aromatic heterocycles. The monoisotopic (exact) mass is 382 g/mol. The fourth-order valence-corrected chi connectivity index (χ4v) is 3.02. The van der Waals surface area contributed by atoms with Crippen LogP contribution in [0.2, 0.25) is 0 Å². The van der Waals surface area contributed by atoms with Gasteiger partial charge in [-0.2, -0.15) is 0 Å². The lowest BCUT2D eigenvalue weighted by molar-refractivity contribution is -0.342. The van der Waals surface area contributed by atoms with Crippen LogP contribution in [-0.2, 0) is 19.0 Å². The molecule has 1 amide bonds. The van der Waals surface area contributed by atoms with Crippen LogP contribution in [0, 0.1) is 0 Å². The smallest absolute Gasteiger partial charge is 0.217 e. The van der Waals surface area contributed by atoms with E-state index in [1.54, 1.807) is 0 Å². The molecule has 0 bridgehead atoms. The Hall–Kier alpha value is -0.930. The van der Waals surface area contributed by atoms with Gasteiger partial charge in [0.25, 0.3) is 0 Å². The zero-order valence-corrected chi connectivity index (χ0v) is 14.1. The Labute approximate surface area is 149 Å². The van der Waals surface area contributed by atoms with Gasteiger partial charge in [-0.3, -0.25) is 4.79 Å². The molecule has 9 N–H and O–H groups in total. The minimum absolute atomic E-state index is 0.175. The van der Waals surface area contributed by atoms with E-state index in [9.17, 15) is 35.4 Å². The fraction of sp³-hybridized carbons (Fsp3) is 0.929. The summed E-state index contributed by atoms with van der Waals surface area (Å²) < 4.78 is 15.9. The molecule has 12 nitrogen and oxygen atoms in total. The van der Waals surface area contributed by atoms with E-state index in [0.717, 1.165) is 0 Å². The molecule has 0 aliphatic carbocycles. The van der Waals surface area contributed by atoms with Crippen molar-refractivity contribution in [3.8, 4) is 0 Å². The first-order chi connectivity index (χ1) is 12.2. The topological polar surface area (TPSA) is 204 Å². The predicted molar refractivity (Wildman–Crippen MR) is 82.2 cm³/mol. The molecule has 152 valence electrons. The van der Waals surface area contributed by atoms with E-state index in [2.05, 4.69) is 5.32 Å². The van der Waals surface area contributed by atoms with Crippen LogP contribution in [0.15, 0.2) is 0 Å². The van der Waals surface area contributed by atoms with Crippen molar-refractivity contribution in [2.45, 2.75) is 68.3 Å². The molecule has 0 radical (unpaired) electrons. The molecule has 2 heterocycles. The number of nitrogens with one attached hydrogen (secondary N) is 1. The minimum Gasteiger partial charge on any atom is -0.394 e. The van der Waals surface area contributed by atoms with Gasteiger partial charge >= 0.3 is 0 Å². The Morgan fingerprint density at radius 3 is 2.23 bits per heavy atom. The average molecular weight is 382 g/mol. The van der Waals surface area contributed by atoms with Crippen LogP contribution in [0.5, 0.6) is 0 Å². The number of carbonyl (C=O) groups is 1. The maximum Gasteiger partial charge on any atom is 0.217 e. The lowest BCUT2D eigenvalue weighted by atomic mass is 9.95. The van der Waals surface area contributed by atoms with E-state index < -0.39 is 73.9 Å². The molecule has 0 saturated carbocycles. The first kappa shape index (κ1) is 21.4. The summed E-state index contributed by atoms with van der Waals surface area (Å²) in [4.78, 5) is 11.2. The highest BCUT2D eigenvalue weighted by molar-refractivity contribution is 5.73. The van der Waals surface area contributed by atoms with Crippen molar-refractivity contribution in [2.75, 3.05) is 13.2 Å². The number of nitrogens with two attached hydrogens (primary N) is 1. The highest BCUT2D eigenvalue weighted by Gasteiger charge is 2.50. The van der Waals surface area contributed by atoms with Crippen LogP contribution in [0.1, 0.15) is 6.92 Å². The first-order valence-corrected chi connectivity index (χ1v) is 8.16. The summed E-state index contributed by atoms with van der Waals surface area (Å²) in [6.45, 7) is 0.343. The van der Waals surface area contributed by atoms with Gasteiger partial charge in [-0.15, -0.1) is 0 Å². The quantitative estimate of drug-likeness (QED) is 0.225. The number of amides is 1. The van der Waals surface area contributed by atoms with E-state index in [-0.39, 0.29) is 6.54 Å². The second-order valence-electron chi connectivity index (χ2n) is 6.32. The third kappa shape index (κ3) is 4.31. The van der Waals surface area contributed by atoms with Gasteiger partial charge in [-0.25, -0.2) is 0 Å². The van der Waals surface area contributed by atoms with Crippen molar-refractivity contribution >= 4 is 5.91 Å². The highest BCUT2D eigenvalue weighted by Crippen LogP contribution is 2.28. The maximum absolute atomic E-state index is 11.2. The summed E-state index contributed by atoms with van der Waals surface area (Å²) in [7, 11) is 0. The molecule has 2 saturated heterocycles. The normalized spacial score (nSPS) is 46.8. The lowest BCUT2D eigenvalue weighted by Gasteiger charge is -2.46. The van der Waals surface area contributed by atoms with Gasteiger partial charge in [0.1, 0.15) is 48.8 Å². The molecule has 0 spiro atoms. The van der Waals surface area contributed by atoms with Crippen molar-refractivity contribution in [1.29, 1.82) is 0 Å². The SMILES string of the molecule is CC(=O)NC1[C@H](O)OC(CO)[C@@H](O[C@@H]2OC(CN)[C@H](O)[C@H](O)C2O)[C@@H]1O. The Kier molecular flexibility index (Phi) is 7.27. The zero-order chi connectivity index (χ0) is 19.6. The molecule has 4 unspecified atom stereocenters. The van der Waals surface area contributed by atoms with Gasteiger partial charge in [-0.1, -0.05) is 0 Å². The summed E-state index contributed by atoms with van der Waals surface area (Å²) in [6.07, 6.45) is -13.0. The third-order valence-corrected chi connectivity index (χ3v) is 4.43. The van der Waals surface area contributed by atoms with Crippen molar-refractivity contribution in [1.82, 2.24) is 5.32 Å². The molecule has 2 rings (SSSR count).